The molecule has 0 aromatic carbocycles. The van der Waals surface area contributed by atoms with Crippen LogP contribution < -0.4 is 11.1 Å². The summed E-state index contributed by atoms with van der Waals surface area (Å²) >= 11 is 1.62. The zero-order valence-corrected chi connectivity index (χ0v) is 16.1. The molecule has 3 atom stereocenters. The molecule has 1 aromatic heterocycles. The van der Waals surface area contributed by atoms with E-state index < -0.39 is 0 Å². The van der Waals surface area contributed by atoms with E-state index in [-0.39, 0.29) is 42.7 Å². The van der Waals surface area contributed by atoms with Crippen LogP contribution in [0.2, 0.25) is 0 Å². The summed E-state index contributed by atoms with van der Waals surface area (Å²) in [5, 5.41) is 6.18. The van der Waals surface area contributed by atoms with Crippen molar-refractivity contribution in [1.29, 1.82) is 0 Å². The van der Waals surface area contributed by atoms with E-state index in [1.54, 1.807) is 11.3 Å². The molecule has 7 heteroatoms. The molecule has 1 amide bonds. The van der Waals surface area contributed by atoms with Gasteiger partial charge >= 0.3 is 0 Å². The van der Waals surface area contributed by atoms with E-state index in [1.165, 1.54) is 19.3 Å². The third-order valence-electron chi connectivity index (χ3n) is 5.15. The van der Waals surface area contributed by atoms with Gasteiger partial charge in [-0.15, -0.1) is 36.2 Å². The number of rotatable bonds is 3. The Morgan fingerprint density at radius 1 is 1.35 bits per heavy atom. The molecule has 2 aliphatic rings. The lowest BCUT2D eigenvalue weighted by Gasteiger charge is -2.43. The molecule has 0 radical (unpaired) electrons. The number of nitrogens with zero attached hydrogens (tertiary/aromatic N) is 1. The Kier molecular flexibility index (Phi) is 7.78. The van der Waals surface area contributed by atoms with Gasteiger partial charge in [0, 0.05) is 23.0 Å². The fraction of sp³-hybridized carbons (Fsp3) is 0.750. The Hall–Kier alpha value is -0.360. The maximum Gasteiger partial charge on any atom is 0.223 e. The third kappa shape index (κ3) is 4.59. The molecular weight excluding hydrogens is 353 g/mol. The van der Waals surface area contributed by atoms with Crippen LogP contribution >= 0.6 is 36.2 Å². The van der Waals surface area contributed by atoms with Crippen LogP contribution in [0.5, 0.6) is 0 Å². The molecule has 2 bridgehead atoms. The lowest BCUT2D eigenvalue weighted by molar-refractivity contribution is -0.128. The Labute approximate surface area is 154 Å². The molecule has 23 heavy (non-hydrogen) atoms. The molecule has 3 N–H and O–H groups in total. The van der Waals surface area contributed by atoms with Crippen LogP contribution in [0.3, 0.4) is 0 Å². The molecule has 2 aliphatic carbocycles. The molecule has 3 rings (SSSR count). The number of thiazole rings is 1. The second-order valence-corrected chi connectivity index (χ2v) is 7.64. The first-order valence-electron chi connectivity index (χ1n) is 8.02. The van der Waals surface area contributed by atoms with E-state index in [2.05, 4.69) is 10.3 Å². The Morgan fingerprint density at radius 3 is 2.48 bits per heavy atom. The van der Waals surface area contributed by atoms with Crippen LogP contribution in [0.1, 0.15) is 55.8 Å². The fourth-order valence-corrected chi connectivity index (χ4v) is 4.77. The normalized spacial score (nSPS) is 30.6. The Balaban J connectivity index is 0.00000132. The molecule has 2 saturated carbocycles. The molecule has 4 nitrogen and oxygen atoms in total. The van der Waals surface area contributed by atoms with Crippen molar-refractivity contribution in [3.8, 4) is 0 Å². The smallest absolute Gasteiger partial charge is 0.223 e. The maximum absolute atomic E-state index is 12.6. The van der Waals surface area contributed by atoms with Gasteiger partial charge in [-0.25, -0.2) is 4.98 Å². The van der Waals surface area contributed by atoms with Gasteiger partial charge in [0.2, 0.25) is 5.91 Å². The number of hydrogen-bond donors (Lipinski definition) is 2. The Bertz CT molecular complexity index is 511. The van der Waals surface area contributed by atoms with Gasteiger partial charge < -0.3 is 11.1 Å². The monoisotopic (exact) mass is 379 g/mol. The van der Waals surface area contributed by atoms with E-state index >= 15 is 0 Å². The molecule has 3 unspecified atom stereocenters. The van der Waals surface area contributed by atoms with Gasteiger partial charge in [-0.3, -0.25) is 4.79 Å². The SMILES string of the molecule is Cc1csc(C(C)NC(=O)C2CC3CCCC(C2)C3N)n1.Cl.Cl. The summed E-state index contributed by atoms with van der Waals surface area (Å²) in [5.41, 5.74) is 7.32. The van der Waals surface area contributed by atoms with Crippen molar-refractivity contribution in [2.45, 2.75) is 58.0 Å². The van der Waals surface area contributed by atoms with E-state index in [9.17, 15) is 4.79 Å². The highest BCUT2D eigenvalue weighted by Crippen LogP contribution is 2.42. The molecular formula is C16H27Cl2N3OS. The van der Waals surface area contributed by atoms with Crippen molar-refractivity contribution in [2.75, 3.05) is 0 Å². The van der Waals surface area contributed by atoms with Crippen molar-refractivity contribution in [3.05, 3.63) is 16.1 Å². The van der Waals surface area contributed by atoms with Gasteiger partial charge in [0.1, 0.15) is 5.01 Å². The summed E-state index contributed by atoms with van der Waals surface area (Å²) in [4.78, 5) is 17.0. The first kappa shape index (κ1) is 20.7. The number of aromatic nitrogens is 1. The second-order valence-electron chi connectivity index (χ2n) is 6.75. The maximum atomic E-state index is 12.6. The second kappa shape index (κ2) is 8.65. The van der Waals surface area contributed by atoms with Gasteiger partial charge in [0.15, 0.2) is 0 Å². The minimum Gasteiger partial charge on any atom is -0.347 e. The highest BCUT2D eigenvalue weighted by Gasteiger charge is 2.40. The van der Waals surface area contributed by atoms with Gasteiger partial charge in [-0.2, -0.15) is 0 Å². The van der Waals surface area contributed by atoms with Crippen molar-refractivity contribution >= 4 is 42.1 Å². The first-order valence-corrected chi connectivity index (χ1v) is 8.90. The lowest BCUT2D eigenvalue weighted by Crippen LogP contribution is -2.49. The molecule has 0 aliphatic heterocycles. The minimum atomic E-state index is 0. The number of aryl methyl sites for hydroxylation is 1. The van der Waals surface area contributed by atoms with Gasteiger partial charge in [0.25, 0.3) is 0 Å². The minimum absolute atomic E-state index is 0. The summed E-state index contributed by atoms with van der Waals surface area (Å²) in [6.45, 7) is 4.00. The van der Waals surface area contributed by atoms with Crippen LogP contribution in [-0.4, -0.2) is 16.9 Å². The third-order valence-corrected chi connectivity index (χ3v) is 6.30. The average molecular weight is 380 g/mol. The number of halogens is 2. The van der Waals surface area contributed by atoms with E-state index in [0.29, 0.717) is 17.9 Å². The van der Waals surface area contributed by atoms with Gasteiger partial charge in [-0.1, -0.05) is 6.42 Å². The molecule has 1 heterocycles. The predicted octanol–water partition coefficient (Wildman–Crippen LogP) is 3.63. The average Bonchev–Trinajstić information content (AvgIpc) is 2.85. The largest absolute Gasteiger partial charge is 0.347 e. The molecule has 0 saturated heterocycles. The van der Waals surface area contributed by atoms with Crippen LogP contribution in [-0.2, 0) is 4.79 Å². The first-order chi connectivity index (χ1) is 10.0. The quantitative estimate of drug-likeness (QED) is 0.842. The van der Waals surface area contributed by atoms with Gasteiger partial charge in [-0.05, 0) is 51.4 Å². The Morgan fingerprint density at radius 2 is 1.96 bits per heavy atom. The predicted molar refractivity (Wildman–Crippen MR) is 99.4 cm³/mol. The van der Waals surface area contributed by atoms with Crippen molar-refractivity contribution < 1.29 is 4.79 Å². The fourth-order valence-electron chi connectivity index (χ4n) is 3.97. The number of fused-ring (bicyclic) bond motifs is 2. The van der Waals surface area contributed by atoms with E-state index in [0.717, 1.165) is 23.5 Å². The molecule has 0 spiro atoms. The number of carbonyl (C=O) groups is 1. The zero-order valence-electron chi connectivity index (χ0n) is 13.7. The summed E-state index contributed by atoms with van der Waals surface area (Å²) in [7, 11) is 0. The topological polar surface area (TPSA) is 68.0 Å². The van der Waals surface area contributed by atoms with Crippen LogP contribution in [0, 0.1) is 24.7 Å². The molecule has 2 fully saturated rings. The highest BCUT2D eigenvalue weighted by molar-refractivity contribution is 7.09. The van der Waals surface area contributed by atoms with Crippen LogP contribution in [0.4, 0.5) is 0 Å². The van der Waals surface area contributed by atoms with Gasteiger partial charge in [0.05, 0.1) is 6.04 Å². The summed E-state index contributed by atoms with van der Waals surface area (Å²) in [6.07, 6.45) is 5.61. The van der Waals surface area contributed by atoms with Crippen LogP contribution in [0.25, 0.3) is 0 Å². The number of nitrogens with one attached hydrogen (secondary N) is 1. The number of hydrogen-bond acceptors (Lipinski definition) is 4. The summed E-state index contributed by atoms with van der Waals surface area (Å²) < 4.78 is 0. The van der Waals surface area contributed by atoms with Crippen LogP contribution in [0.15, 0.2) is 5.38 Å². The summed E-state index contributed by atoms with van der Waals surface area (Å²) in [5.74, 6) is 1.43. The molecule has 132 valence electrons. The van der Waals surface area contributed by atoms with E-state index in [4.69, 9.17) is 5.73 Å². The number of nitrogens with two attached hydrogens (primary N) is 1. The molecule has 1 aromatic rings. The van der Waals surface area contributed by atoms with Crippen molar-refractivity contribution in [3.63, 3.8) is 0 Å². The van der Waals surface area contributed by atoms with E-state index in [1.807, 2.05) is 19.2 Å². The summed E-state index contributed by atoms with van der Waals surface area (Å²) in [6, 6.07) is 0.327. The zero-order chi connectivity index (χ0) is 15.0. The van der Waals surface area contributed by atoms with Crippen molar-refractivity contribution in [2.24, 2.45) is 23.5 Å². The highest BCUT2D eigenvalue weighted by atomic mass is 35.5. The number of carbonyl (C=O) groups excluding carboxylic acids is 1. The standard InChI is InChI=1S/C16H25N3OS.2ClH/c1-9-8-21-16(18-9)10(2)19-15(20)13-6-11-4-3-5-12(7-13)14(11)17;;/h8,10-14H,3-7,17H2,1-2H3,(H,19,20);2*1H. The number of amides is 1. The lowest BCUT2D eigenvalue weighted by atomic mass is 9.65. The van der Waals surface area contributed by atoms with Crippen molar-refractivity contribution in [1.82, 2.24) is 10.3 Å².